The van der Waals surface area contributed by atoms with Gasteiger partial charge in [-0.3, -0.25) is 23.7 Å². The first-order valence-corrected chi connectivity index (χ1v) is 9.65. The molecule has 148 valence electrons. The highest BCUT2D eigenvalue weighted by Crippen LogP contribution is 2.25. The molecular formula is C19H17N5O4S. The number of amides is 1. The molecule has 3 aromatic heterocycles. The summed E-state index contributed by atoms with van der Waals surface area (Å²) in [6.45, 7) is 4.09. The van der Waals surface area contributed by atoms with Crippen molar-refractivity contribution in [3.05, 3.63) is 61.9 Å². The van der Waals surface area contributed by atoms with Crippen molar-refractivity contribution in [3.8, 4) is 11.4 Å². The van der Waals surface area contributed by atoms with Crippen LogP contribution in [0.2, 0.25) is 0 Å². The molecule has 3 heterocycles. The number of H-pyrrole nitrogens is 1. The molecule has 0 aliphatic heterocycles. The Kier molecular flexibility index (Phi) is 4.85. The second-order valence-electron chi connectivity index (χ2n) is 6.53. The van der Waals surface area contributed by atoms with Crippen molar-refractivity contribution < 1.29 is 9.32 Å². The molecule has 0 aliphatic carbocycles. The number of hydrogen-bond acceptors (Lipinski definition) is 7. The number of rotatable bonds is 5. The van der Waals surface area contributed by atoms with Gasteiger partial charge in [-0.15, -0.1) is 11.3 Å². The number of benzene rings is 1. The van der Waals surface area contributed by atoms with E-state index in [0.29, 0.717) is 21.5 Å². The first-order chi connectivity index (χ1) is 13.9. The molecule has 0 saturated carbocycles. The highest BCUT2D eigenvalue weighted by atomic mass is 32.1. The molecule has 1 aromatic carbocycles. The Labute approximate surface area is 168 Å². The second kappa shape index (κ2) is 7.47. The van der Waals surface area contributed by atoms with Gasteiger partial charge in [0.1, 0.15) is 4.83 Å². The van der Waals surface area contributed by atoms with E-state index >= 15 is 0 Å². The lowest BCUT2D eigenvalue weighted by Crippen LogP contribution is -2.23. The first kappa shape index (κ1) is 18.8. The zero-order valence-electron chi connectivity index (χ0n) is 15.7. The fourth-order valence-electron chi connectivity index (χ4n) is 2.97. The van der Waals surface area contributed by atoms with Crippen LogP contribution >= 0.6 is 11.3 Å². The van der Waals surface area contributed by atoms with E-state index in [0.717, 1.165) is 10.4 Å². The van der Waals surface area contributed by atoms with E-state index in [1.807, 2.05) is 13.8 Å². The van der Waals surface area contributed by atoms with Gasteiger partial charge < -0.3 is 5.32 Å². The van der Waals surface area contributed by atoms with Gasteiger partial charge in [-0.1, -0.05) is 17.3 Å². The zero-order chi connectivity index (χ0) is 20.5. The number of nitrogens with one attached hydrogen (secondary N) is 2. The number of aromatic amines is 1. The summed E-state index contributed by atoms with van der Waals surface area (Å²) in [5, 5.41) is 7.02. The number of fused-ring (bicyclic) bond motifs is 1. The second-order valence-corrected chi connectivity index (χ2v) is 7.73. The molecule has 0 spiro atoms. The maximum Gasteiger partial charge on any atom is 0.439 e. The number of anilines is 1. The van der Waals surface area contributed by atoms with Crippen molar-refractivity contribution in [2.75, 3.05) is 5.32 Å². The molecule has 0 bridgehead atoms. The molecule has 0 radical (unpaired) electrons. The van der Waals surface area contributed by atoms with Crippen molar-refractivity contribution in [2.24, 2.45) is 0 Å². The van der Waals surface area contributed by atoms with Crippen molar-refractivity contribution in [1.29, 1.82) is 0 Å². The van der Waals surface area contributed by atoms with Crippen molar-refractivity contribution in [1.82, 2.24) is 19.7 Å². The average Bonchev–Trinajstić information content (AvgIpc) is 3.25. The van der Waals surface area contributed by atoms with Crippen molar-refractivity contribution in [3.63, 3.8) is 0 Å². The molecule has 2 N–H and O–H groups in total. The lowest BCUT2D eigenvalue weighted by Gasteiger charge is -2.08. The zero-order valence-corrected chi connectivity index (χ0v) is 16.5. The summed E-state index contributed by atoms with van der Waals surface area (Å²) in [5.41, 5.74) is 1.94. The number of aryl methyl sites for hydroxylation is 3. The van der Waals surface area contributed by atoms with Gasteiger partial charge in [-0.25, -0.2) is 9.78 Å². The minimum absolute atomic E-state index is 0.111. The summed E-state index contributed by atoms with van der Waals surface area (Å²) < 4.78 is 5.95. The molecule has 4 aromatic rings. The lowest BCUT2D eigenvalue weighted by atomic mass is 10.2. The maximum atomic E-state index is 12.7. The van der Waals surface area contributed by atoms with Crippen LogP contribution in [0.1, 0.15) is 16.9 Å². The van der Waals surface area contributed by atoms with Crippen molar-refractivity contribution in [2.45, 2.75) is 26.8 Å². The van der Waals surface area contributed by atoms with Crippen LogP contribution in [0.15, 0.2) is 44.7 Å². The molecule has 0 aliphatic rings. The van der Waals surface area contributed by atoms with Crippen LogP contribution in [0.3, 0.4) is 0 Å². The predicted octanol–water partition coefficient (Wildman–Crippen LogP) is 2.45. The highest BCUT2D eigenvalue weighted by molar-refractivity contribution is 7.18. The van der Waals surface area contributed by atoms with E-state index < -0.39 is 5.76 Å². The minimum atomic E-state index is -0.651. The fraction of sp³-hybridized carbons (Fsp3) is 0.211. The molecular weight excluding hydrogens is 394 g/mol. The molecule has 29 heavy (non-hydrogen) atoms. The van der Waals surface area contributed by atoms with Crippen LogP contribution < -0.4 is 16.6 Å². The Bertz CT molecular complexity index is 1330. The summed E-state index contributed by atoms with van der Waals surface area (Å²) in [5.74, 6) is -0.624. The summed E-state index contributed by atoms with van der Waals surface area (Å²) in [6, 6.07) is 6.84. The van der Waals surface area contributed by atoms with E-state index in [1.54, 1.807) is 24.3 Å². The van der Waals surface area contributed by atoms with Crippen molar-refractivity contribution >= 4 is 33.1 Å². The number of nitrogens with zero attached hydrogens (tertiary/aromatic N) is 3. The normalized spacial score (nSPS) is 11.1. The standard InChI is InChI=1S/C19H17N5O4S/c1-10-11(2)29-17-15(10)18(26)24(9-20-17)7-6-14(25)21-13-5-3-4-12(8-13)16-22-19(27)28-23-16/h3-5,8-9H,6-7H2,1-2H3,(H,21,25)(H,22,23,27). The van der Waals surface area contributed by atoms with Gasteiger partial charge in [0.2, 0.25) is 5.91 Å². The number of carbonyl (C=O) groups is 1. The van der Waals surface area contributed by atoms with E-state index in [1.165, 1.54) is 22.2 Å². The highest BCUT2D eigenvalue weighted by Gasteiger charge is 2.13. The third kappa shape index (κ3) is 3.74. The number of hydrogen-bond donors (Lipinski definition) is 2. The Hall–Kier alpha value is -3.53. The van der Waals surface area contributed by atoms with Crippen LogP contribution in [0, 0.1) is 13.8 Å². The van der Waals surface area contributed by atoms with Crippen LogP contribution in [-0.2, 0) is 11.3 Å². The van der Waals surface area contributed by atoms with Gasteiger partial charge in [-0.05, 0) is 31.5 Å². The van der Waals surface area contributed by atoms with Crippen LogP contribution in [-0.4, -0.2) is 25.6 Å². The Morgan fingerprint density at radius 1 is 1.31 bits per heavy atom. The van der Waals surface area contributed by atoms with Gasteiger partial charge >= 0.3 is 5.76 Å². The Morgan fingerprint density at radius 3 is 2.90 bits per heavy atom. The van der Waals surface area contributed by atoms with Gasteiger partial charge in [0.15, 0.2) is 5.82 Å². The topological polar surface area (TPSA) is 123 Å². The summed E-state index contributed by atoms with van der Waals surface area (Å²) in [6.07, 6.45) is 1.59. The molecule has 9 nitrogen and oxygen atoms in total. The summed E-state index contributed by atoms with van der Waals surface area (Å²) in [4.78, 5) is 44.7. The van der Waals surface area contributed by atoms with Gasteiger partial charge in [-0.2, -0.15) is 0 Å². The predicted molar refractivity (Wildman–Crippen MR) is 109 cm³/mol. The number of aromatic nitrogens is 4. The lowest BCUT2D eigenvalue weighted by molar-refractivity contribution is -0.116. The van der Waals surface area contributed by atoms with E-state index in [4.69, 9.17) is 0 Å². The number of carbonyl (C=O) groups excluding carboxylic acids is 1. The minimum Gasteiger partial charge on any atom is -0.326 e. The van der Waals surface area contributed by atoms with Gasteiger partial charge in [0, 0.05) is 29.1 Å². The number of thiophene rings is 1. The molecule has 0 unspecified atom stereocenters. The molecule has 1 amide bonds. The Morgan fingerprint density at radius 2 is 2.14 bits per heavy atom. The largest absolute Gasteiger partial charge is 0.439 e. The third-order valence-corrected chi connectivity index (χ3v) is 5.71. The third-order valence-electron chi connectivity index (χ3n) is 4.60. The molecule has 4 rings (SSSR count). The Balaban J connectivity index is 1.46. The smallest absolute Gasteiger partial charge is 0.326 e. The average molecular weight is 411 g/mol. The summed E-state index contributed by atoms with van der Waals surface area (Å²) in [7, 11) is 0. The molecule has 0 fully saturated rings. The van der Waals surface area contributed by atoms with E-state index in [-0.39, 0.29) is 30.3 Å². The van der Waals surface area contributed by atoms with Crippen LogP contribution in [0.25, 0.3) is 21.6 Å². The first-order valence-electron chi connectivity index (χ1n) is 8.84. The van der Waals surface area contributed by atoms with E-state index in [2.05, 4.69) is 25.0 Å². The molecule has 0 saturated heterocycles. The molecule has 0 atom stereocenters. The van der Waals surface area contributed by atoms with Gasteiger partial charge in [0.25, 0.3) is 5.56 Å². The monoisotopic (exact) mass is 411 g/mol. The van der Waals surface area contributed by atoms with E-state index in [9.17, 15) is 14.4 Å². The maximum absolute atomic E-state index is 12.7. The molecule has 10 heteroatoms. The quantitative estimate of drug-likeness (QED) is 0.520. The summed E-state index contributed by atoms with van der Waals surface area (Å²) >= 11 is 1.49. The fourth-order valence-corrected chi connectivity index (χ4v) is 3.96. The SMILES string of the molecule is Cc1sc2ncn(CCC(=O)Nc3cccc(-c4noc(=O)[nH]4)c3)c(=O)c2c1C. The van der Waals surface area contributed by atoms with Gasteiger partial charge in [0.05, 0.1) is 11.7 Å². The van der Waals surface area contributed by atoms with Crippen LogP contribution in [0.4, 0.5) is 5.69 Å². The van der Waals surface area contributed by atoms with Crippen LogP contribution in [0.5, 0.6) is 0 Å².